The van der Waals surface area contributed by atoms with Crippen LogP contribution in [0, 0.1) is 6.92 Å². The van der Waals surface area contributed by atoms with Crippen LogP contribution >= 0.6 is 34.8 Å². The Balaban J connectivity index is 2.09. The van der Waals surface area contributed by atoms with E-state index in [2.05, 4.69) is 5.32 Å². The fourth-order valence-corrected chi connectivity index (χ4v) is 5.61. The molecule has 0 aliphatic heterocycles. The third-order valence-electron chi connectivity index (χ3n) is 6.34. The zero-order valence-electron chi connectivity index (χ0n) is 22.5. The van der Waals surface area contributed by atoms with E-state index in [1.54, 1.807) is 43.3 Å². The van der Waals surface area contributed by atoms with Crippen LogP contribution in [0.15, 0.2) is 66.7 Å². The van der Waals surface area contributed by atoms with Crippen LogP contribution in [0.25, 0.3) is 0 Å². The van der Waals surface area contributed by atoms with Crippen molar-refractivity contribution in [2.45, 2.75) is 39.3 Å². The lowest BCUT2D eigenvalue weighted by atomic mass is 10.0. The van der Waals surface area contributed by atoms with E-state index in [4.69, 9.17) is 34.8 Å². The number of anilines is 1. The standard InChI is InChI=1S/C29H32Cl3N3O4S/c1-4-15-33-29(37)27(17-21-9-6-5-7-10-21)34(18-22-13-14-24(31)25(32)16-22)28(36)19-35(40(3,38)39)26-12-8-11-23(30)20(26)2/h5-14,16,27H,4,15,17-19H2,1-3H3,(H,33,37). The van der Waals surface area contributed by atoms with Crippen molar-refractivity contribution in [2.75, 3.05) is 23.7 Å². The monoisotopic (exact) mass is 623 g/mol. The molecule has 0 aliphatic carbocycles. The second kappa shape index (κ2) is 14.2. The van der Waals surface area contributed by atoms with E-state index in [1.807, 2.05) is 37.3 Å². The van der Waals surface area contributed by atoms with E-state index in [-0.39, 0.29) is 24.6 Å². The maximum Gasteiger partial charge on any atom is 0.244 e. The Bertz CT molecular complexity index is 1450. The summed E-state index contributed by atoms with van der Waals surface area (Å²) in [5, 5.41) is 3.92. The van der Waals surface area contributed by atoms with Gasteiger partial charge in [0.2, 0.25) is 21.8 Å². The fourth-order valence-electron chi connectivity index (χ4n) is 4.22. The molecular weight excluding hydrogens is 593 g/mol. The zero-order chi connectivity index (χ0) is 29.4. The number of nitrogens with zero attached hydrogens (tertiary/aromatic N) is 2. The van der Waals surface area contributed by atoms with Gasteiger partial charge in [-0.15, -0.1) is 0 Å². The van der Waals surface area contributed by atoms with Crippen LogP contribution in [0.4, 0.5) is 5.69 Å². The van der Waals surface area contributed by atoms with E-state index >= 15 is 0 Å². The summed E-state index contributed by atoms with van der Waals surface area (Å²) in [6.07, 6.45) is 1.96. The molecule has 0 aromatic heterocycles. The molecule has 0 bridgehead atoms. The molecule has 0 saturated heterocycles. The van der Waals surface area contributed by atoms with E-state index in [1.165, 1.54) is 4.90 Å². The molecule has 40 heavy (non-hydrogen) atoms. The van der Waals surface area contributed by atoms with Gasteiger partial charge in [-0.3, -0.25) is 13.9 Å². The maximum absolute atomic E-state index is 14.1. The fraction of sp³-hybridized carbons (Fsp3) is 0.310. The van der Waals surface area contributed by atoms with Crippen LogP contribution in [-0.4, -0.2) is 50.5 Å². The summed E-state index contributed by atoms with van der Waals surface area (Å²) in [4.78, 5) is 29.0. The number of benzene rings is 3. The number of hydrogen-bond donors (Lipinski definition) is 1. The maximum atomic E-state index is 14.1. The summed E-state index contributed by atoms with van der Waals surface area (Å²) in [6, 6.07) is 18.2. The number of rotatable bonds is 12. The summed E-state index contributed by atoms with van der Waals surface area (Å²) in [6.45, 7) is 3.51. The molecule has 1 unspecified atom stereocenters. The highest BCUT2D eigenvalue weighted by Crippen LogP contribution is 2.29. The first kappa shape index (κ1) is 31.7. The number of carbonyl (C=O) groups is 2. The molecule has 0 radical (unpaired) electrons. The summed E-state index contributed by atoms with van der Waals surface area (Å²) in [5.74, 6) is -0.910. The quantitative estimate of drug-likeness (QED) is 0.272. The molecule has 7 nitrogen and oxygen atoms in total. The largest absolute Gasteiger partial charge is 0.354 e. The van der Waals surface area contributed by atoms with Gasteiger partial charge in [-0.05, 0) is 54.3 Å². The zero-order valence-corrected chi connectivity index (χ0v) is 25.6. The number of amides is 2. The summed E-state index contributed by atoms with van der Waals surface area (Å²) in [7, 11) is -3.90. The van der Waals surface area contributed by atoms with Crippen molar-refractivity contribution < 1.29 is 18.0 Å². The van der Waals surface area contributed by atoms with Crippen LogP contribution in [0.1, 0.15) is 30.0 Å². The molecule has 1 atom stereocenters. The summed E-state index contributed by atoms with van der Waals surface area (Å²) in [5.41, 5.74) is 2.28. The molecule has 3 aromatic carbocycles. The SMILES string of the molecule is CCCNC(=O)C(Cc1ccccc1)N(Cc1ccc(Cl)c(Cl)c1)C(=O)CN(c1cccc(Cl)c1C)S(C)(=O)=O. The van der Waals surface area contributed by atoms with Gasteiger partial charge in [-0.25, -0.2) is 8.42 Å². The summed E-state index contributed by atoms with van der Waals surface area (Å²) < 4.78 is 26.9. The molecular formula is C29H32Cl3N3O4S. The molecule has 0 aliphatic rings. The van der Waals surface area contributed by atoms with Crippen molar-refractivity contribution in [1.29, 1.82) is 0 Å². The minimum absolute atomic E-state index is 0.00109. The highest BCUT2D eigenvalue weighted by Gasteiger charge is 2.33. The van der Waals surface area contributed by atoms with Crippen molar-refractivity contribution in [3.8, 4) is 0 Å². The van der Waals surface area contributed by atoms with E-state index in [0.717, 1.165) is 16.1 Å². The Morgan fingerprint density at radius 1 is 0.900 bits per heavy atom. The number of hydrogen-bond acceptors (Lipinski definition) is 4. The molecule has 3 aromatic rings. The Labute approximate surface area is 251 Å². The molecule has 3 rings (SSSR count). The van der Waals surface area contributed by atoms with E-state index in [0.29, 0.717) is 39.2 Å². The minimum atomic E-state index is -3.90. The van der Waals surface area contributed by atoms with Gasteiger partial charge in [0.15, 0.2) is 0 Å². The first-order valence-corrected chi connectivity index (χ1v) is 15.7. The number of sulfonamides is 1. The van der Waals surface area contributed by atoms with Crippen LogP contribution < -0.4 is 9.62 Å². The second-order valence-corrected chi connectivity index (χ2v) is 12.5. The smallest absolute Gasteiger partial charge is 0.244 e. The highest BCUT2D eigenvalue weighted by atomic mass is 35.5. The van der Waals surface area contributed by atoms with Gasteiger partial charge >= 0.3 is 0 Å². The van der Waals surface area contributed by atoms with Crippen LogP contribution in [0.3, 0.4) is 0 Å². The van der Waals surface area contributed by atoms with Crippen molar-refractivity contribution >= 4 is 62.3 Å². The van der Waals surface area contributed by atoms with E-state index in [9.17, 15) is 18.0 Å². The van der Waals surface area contributed by atoms with Crippen LogP contribution in [0.2, 0.25) is 15.1 Å². The predicted octanol–water partition coefficient (Wildman–Crippen LogP) is 5.89. The average molecular weight is 625 g/mol. The predicted molar refractivity (Wildman–Crippen MR) is 163 cm³/mol. The first-order valence-electron chi connectivity index (χ1n) is 12.7. The van der Waals surface area contributed by atoms with Gasteiger partial charge in [0.05, 0.1) is 22.0 Å². The van der Waals surface area contributed by atoms with Crippen molar-refractivity contribution in [3.05, 3.63) is 98.5 Å². The van der Waals surface area contributed by atoms with Gasteiger partial charge < -0.3 is 10.2 Å². The molecule has 0 heterocycles. The lowest BCUT2D eigenvalue weighted by molar-refractivity contribution is -0.140. The average Bonchev–Trinajstić information content (AvgIpc) is 2.91. The van der Waals surface area contributed by atoms with Gasteiger partial charge in [0, 0.05) is 24.5 Å². The van der Waals surface area contributed by atoms with Crippen LogP contribution in [-0.2, 0) is 32.6 Å². The Morgan fingerprint density at radius 2 is 1.60 bits per heavy atom. The van der Waals surface area contributed by atoms with Crippen LogP contribution in [0.5, 0.6) is 0 Å². The number of carbonyl (C=O) groups excluding carboxylic acids is 2. The lowest BCUT2D eigenvalue weighted by Gasteiger charge is -2.34. The number of halogens is 3. The van der Waals surface area contributed by atoms with Gasteiger partial charge in [0.1, 0.15) is 12.6 Å². The molecule has 0 saturated carbocycles. The molecule has 0 spiro atoms. The third-order valence-corrected chi connectivity index (χ3v) is 8.62. The molecule has 11 heteroatoms. The molecule has 214 valence electrons. The molecule has 0 fully saturated rings. The second-order valence-electron chi connectivity index (χ2n) is 9.42. The Morgan fingerprint density at radius 3 is 2.23 bits per heavy atom. The van der Waals surface area contributed by atoms with Gasteiger partial charge in [-0.1, -0.05) is 84.2 Å². The first-order chi connectivity index (χ1) is 18.9. The topological polar surface area (TPSA) is 86.8 Å². The minimum Gasteiger partial charge on any atom is -0.354 e. The van der Waals surface area contributed by atoms with Crippen molar-refractivity contribution in [2.24, 2.45) is 0 Å². The number of nitrogens with one attached hydrogen (secondary N) is 1. The highest BCUT2D eigenvalue weighted by molar-refractivity contribution is 7.92. The third kappa shape index (κ3) is 8.36. The normalized spacial score (nSPS) is 12.1. The summed E-state index contributed by atoms with van der Waals surface area (Å²) >= 11 is 18.6. The van der Waals surface area contributed by atoms with Gasteiger partial charge in [-0.2, -0.15) is 0 Å². The van der Waals surface area contributed by atoms with Gasteiger partial charge in [0.25, 0.3) is 0 Å². The Kier molecular flexibility index (Phi) is 11.3. The van der Waals surface area contributed by atoms with Crippen molar-refractivity contribution in [3.63, 3.8) is 0 Å². The van der Waals surface area contributed by atoms with E-state index < -0.39 is 28.5 Å². The molecule has 2 amide bonds. The Hall–Kier alpha value is -2.78. The molecule has 1 N–H and O–H groups in total. The van der Waals surface area contributed by atoms with Crippen molar-refractivity contribution in [1.82, 2.24) is 10.2 Å². The lowest BCUT2D eigenvalue weighted by Crippen LogP contribution is -2.53.